The lowest BCUT2D eigenvalue weighted by Crippen LogP contribution is -2.29. The molecule has 4 rings (SSSR count). The Kier molecular flexibility index (Phi) is 4.22. The van der Waals surface area contributed by atoms with Crippen molar-refractivity contribution in [3.05, 3.63) is 75.3 Å². The van der Waals surface area contributed by atoms with Crippen LogP contribution in [0.15, 0.2) is 48.6 Å². The van der Waals surface area contributed by atoms with E-state index in [1.165, 1.54) is 7.11 Å². The Morgan fingerprint density at radius 2 is 1.84 bits per heavy atom. The predicted octanol–water partition coefficient (Wildman–Crippen LogP) is 5.61. The summed E-state index contributed by atoms with van der Waals surface area (Å²) in [5.41, 5.74) is 3.65. The molecule has 0 spiro atoms. The lowest BCUT2D eigenvalue weighted by Gasteiger charge is -2.38. The van der Waals surface area contributed by atoms with E-state index in [2.05, 4.69) is 17.5 Å². The van der Waals surface area contributed by atoms with E-state index in [1.54, 1.807) is 12.1 Å². The second kappa shape index (κ2) is 6.40. The molecule has 3 nitrogen and oxygen atoms in total. The van der Waals surface area contributed by atoms with E-state index in [1.807, 2.05) is 24.3 Å². The topological polar surface area (TPSA) is 38.3 Å². The summed E-state index contributed by atoms with van der Waals surface area (Å²) >= 11 is 12.9. The van der Waals surface area contributed by atoms with E-state index < -0.39 is 0 Å². The fraction of sp³-hybridized carbons (Fsp3) is 0.250. The molecular formula is C20H17Cl2NO2. The number of carbonyl (C=O) groups excluding carboxylic acids is 1. The number of methoxy groups -OCH3 is 1. The van der Waals surface area contributed by atoms with E-state index in [9.17, 15) is 4.79 Å². The number of fused-ring (bicyclic) bond motifs is 3. The van der Waals surface area contributed by atoms with Gasteiger partial charge in [0.15, 0.2) is 0 Å². The predicted molar refractivity (Wildman–Crippen MR) is 101 cm³/mol. The highest BCUT2D eigenvalue weighted by molar-refractivity contribution is 6.36. The Morgan fingerprint density at radius 3 is 2.56 bits per heavy atom. The third kappa shape index (κ3) is 2.72. The second-order valence-corrected chi connectivity index (χ2v) is 7.22. The van der Waals surface area contributed by atoms with Crippen molar-refractivity contribution in [3.8, 4) is 0 Å². The highest BCUT2D eigenvalue weighted by atomic mass is 35.5. The maximum atomic E-state index is 11.6. The largest absolute Gasteiger partial charge is 0.465 e. The number of ether oxygens (including phenoxy) is 1. The molecule has 2 aromatic carbocycles. The summed E-state index contributed by atoms with van der Waals surface area (Å²) in [6.45, 7) is 0. The van der Waals surface area contributed by atoms with E-state index in [-0.39, 0.29) is 17.9 Å². The van der Waals surface area contributed by atoms with Gasteiger partial charge in [0.2, 0.25) is 0 Å². The van der Waals surface area contributed by atoms with Gasteiger partial charge in [-0.05, 0) is 42.2 Å². The summed E-state index contributed by atoms with van der Waals surface area (Å²) in [5, 5.41) is 5.00. The van der Waals surface area contributed by atoms with Gasteiger partial charge in [-0.25, -0.2) is 4.79 Å². The summed E-state index contributed by atoms with van der Waals surface area (Å²) in [6, 6.07) is 11.3. The lowest BCUT2D eigenvalue weighted by atomic mass is 9.77. The fourth-order valence-corrected chi connectivity index (χ4v) is 4.41. The highest BCUT2D eigenvalue weighted by Gasteiger charge is 2.39. The molecule has 0 saturated heterocycles. The van der Waals surface area contributed by atoms with Crippen molar-refractivity contribution in [2.75, 3.05) is 12.4 Å². The van der Waals surface area contributed by atoms with Crippen LogP contribution in [0.1, 0.15) is 39.9 Å². The van der Waals surface area contributed by atoms with Gasteiger partial charge in [-0.3, -0.25) is 0 Å². The first-order valence-corrected chi connectivity index (χ1v) is 8.95. The number of hydrogen-bond donors (Lipinski definition) is 1. The molecule has 128 valence electrons. The van der Waals surface area contributed by atoms with Gasteiger partial charge in [0.05, 0.1) is 29.4 Å². The summed E-state index contributed by atoms with van der Waals surface area (Å²) in [4.78, 5) is 11.6. The Bertz CT molecular complexity index is 861. The van der Waals surface area contributed by atoms with Crippen LogP contribution in [0.5, 0.6) is 0 Å². The maximum absolute atomic E-state index is 11.6. The van der Waals surface area contributed by atoms with Gasteiger partial charge in [0.1, 0.15) is 0 Å². The van der Waals surface area contributed by atoms with Gasteiger partial charge in [-0.1, -0.05) is 47.5 Å². The van der Waals surface area contributed by atoms with E-state index in [4.69, 9.17) is 27.9 Å². The molecular weight excluding hydrogens is 357 g/mol. The second-order valence-electron chi connectivity index (χ2n) is 6.41. The summed E-state index contributed by atoms with van der Waals surface area (Å²) in [5.74, 6) is 0.281. The van der Waals surface area contributed by atoms with Gasteiger partial charge in [-0.15, -0.1) is 0 Å². The molecule has 1 aliphatic carbocycles. The number of esters is 1. The molecule has 0 radical (unpaired) electrons. The zero-order valence-electron chi connectivity index (χ0n) is 13.6. The first kappa shape index (κ1) is 16.5. The molecule has 0 saturated carbocycles. The molecule has 3 atom stereocenters. The number of hydrogen-bond acceptors (Lipinski definition) is 3. The summed E-state index contributed by atoms with van der Waals surface area (Å²) in [7, 11) is 1.39. The normalized spacial score (nSPS) is 23.6. The Hall–Kier alpha value is -1.97. The number of carbonyl (C=O) groups is 1. The average molecular weight is 374 g/mol. The number of nitrogens with one attached hydrogen (secondary N) is 1. The SMILES string of the molecule is COC(=O)c1ccc([C@H]2Nc3c(Cl)ccc(Cl)c3[C@H]3C=CC[C@H]32)cc1. The number of anilines is 1. The third-order valence-corrected chi connectivity index (χ3v) is 5.75. The third-order valence-electron chi connectivity index (χ3n) is 5.11. The Balaban J connectivity index is 1.74. The Morgan fingerprint density at radius 1 is 1.12 bits per heavy atom. The molecule has 1 heterocycles. The molecule has 0 aromatic heterocycles. The lowest BCUT2D eigenvalue weighted by molar-refractivity contribution is 0.0600. The van der Waals surface area contributed by atoms with Crippen molar-refractivity contribution in [1.29, 1.82) is 0 Å². The van der Waals surface area contributed by atoms with Crippen molar-refractivity contribution in [2.24, 2.45) is 5.92 Å². The molecule has 0 fully saturated rings. The summed E-state index contributed by atoms with van der Waals surface area (Å²) in [6.07, 6.45) is 5.41. The standard InChI is InChI=1S/C20H17Cl2NO2/c1-25-20(24)12-7-5-11(6-8-12)18-14-4-2-3-13(14)17-15(21)9-10-16(22)19(17)23-18/h2-3,5-10,13-14,18,23H,4H2,1H3/t13-,14+,18+/m0/s1. The van der Waals surface area contributed by atoms with Crippen molar-refractivity contribution < 1.29 is 9.53 Å². The minimum absolute atomic E-state index is 0.107. The first-order valence-electron chi connectivity index (χ1n) is 8.19. The quantitative estimate of drug-likeness (QED) is 0.549. The number of allylic oxidation sites excluding steroid dienone is 2. The Labute approximate surface area is 156 Å². The van der Waals surface area contributed by atoms with Crippen molar-refractivity contribution >= 4 is 34.9 Å². The minimum Gasteiger partial charge on any atom is -0.465 e. The van der Waals surface area contributed by atoms with Gasteiger partial charge < -0.3 is 10.1 Å². The molecule has 1 aliphatic heterocycles. The van der Waals surface area contributed by atoms with Crippen molar-refractivity contribution in [2.45, 2.75) is 18.4 Å². The maximum Gasteiger partial charge on any atom is 0.337 e. The van der Waals surface area contributed by atoms with E-state index in [0.717, 1.165) is 28.3 Å². The van der Waals surface area contributed by atoms with Crippen LogP contribution in [-0.4, -0.2) is 13.1 Å². The average Bonchev–Trinajstić information content (AvgIpc) is 3.13. The van der Waals surface area contributed by atoms with Crippen LogP contribution in [-0.2, 0) is 4.74 Å². The fourth-order valence-electron chi connectivity index (χ4n) is 3.90. The number of rotatable bonds is 2. The highest BCUT2D eigenvalue weighted by Crippen LogP contribution is 2.53. The zero-order valence-corrected chi connectivity index (χ0v) is 15.1. The van der Waals surface area contributed by atoms with Crippen LogP contribution in [0, 0.1) is 5.92 Å². The minimum atomic E-state index is -0.330. The van der Waals surface area contributed by atoms with Crippen molar-refractivity contribution in [3.63, 3.8) is 0 Å². The van der Waals surface area contributed by atoms with Crippen LogP contribution in [0.25, 0.3) is 0 Å². The van der Waals surface area contributed by atoms with Gasteiger partial charge in [0.25, 0.3) is 0 Å². The molecule has 0 unspecified atom stereocenters. The molecule has 0 bridgehead atoms. The van der Waals surface area contributed by atoms with Crippen molar-refractivity contribution in [1.82, 2.24) is 0 Å². The van der Waals surface area contributed by atoms with E-state index in [0.29, 0.717) is 16.5 Å². The number of benzene rings is 2. The molecule has 0 amide bonds. The smallest absolute Gasteiger partial charge is 0.337 e. The molecule has 1 N–H and O–H groups in total. The van der Waals surface area contributed by atoms with Gasteiger partial charge >= 0.3 is 5.97 Å². The van der Waals surface area contributed by atoms with E-state index >= 15 is 0 Å². The van der Waals surface area contributed by atoms with Crippen LogP contribution in [0.4, 0.5) is 5.69 Å². The molecule has 2 aliphatic rings. The molecule has 2 aromatic rings. The van der Waals surface area contributed by atoms with Crippen LogP contribution < -0.4 is 5.32 Å². The van der Waals surface area contributed by atoms with Crippen LogP contribution >= 0.6 is 23.2 Å². The van der Waals surface area contributed by atoms with Crippen LogP contribution in [0.2, 0.25) is 10.0 Å². The first-order chi connectivity index (χ1) is 12.1. The number of halogens is 2. The molecule has 25 heavy (non-hydrogen) atoms. The van der Waals surface area contributed by atoms with Gasteiger partial charge in [0, 0.05) is 16.5 Å². The van der Waals surface area contributed by atoms with Crippen LogP contribution in [0.3, 0.4) is 0 Å². The molecule has 5 heteroatoms. The summed E-state index contributed by atoms with van der Waals surface area (Å²) < 4.78 is 4.77. The van der Waals surface area contributed by atoms with Gasteiger partial charge in [-0.2, -0.15) is 0 Å². The zero-order chi connectivity index (χ0) is 17.6. The monoisotopic (exact) mass is 373 g/mol.